The summed E-state index contributed by atoms with van der Waals surface area (Å²) in [6, 6.07) is 5.39. The SMILES string of the molecule is COc1cc2cc3c(=O)[nH]cnn3c2cc1OC. The number of H-pyrrole nitrogens is 1. The number of nitrogens with one attached hydrogen (secondary N) is 1. The minimum Gasteiger partial charge on any atom is -0.493 e. The zero-order valence-electron chi connectivity index (χ0n) is 9.93. The molecule has 1 N–H and O–H groups in total. The standard InChI is InChI=1S/C12H11N3O3/c1-17-10-4-7-3-9-12(16)13-6-14-15(9)8(7)5-11(10)18-2/h3-6H,1-2H3,(H,13,14,16). The Labute approximate surface area is 102 Å². The van der Waals surface area contributed by atoms with Gasteiger partial charge >= 0.3 is 0 Å². The monoisotopic (exact) mass is 245 g/mol. The number of rotatable bonds is 2. The Kier molecular flexibility index (Phi) is 2.22. The molecule has 0 aliphatic rings. The predicted octanol–water partition coefficient (Wildman–Crippen LogP) is 1.19. The van der Waals surface area contributed by atoms with Crippen molar-refractivity contribution in [1.29, 1.82) is 0 Å². The van der Waals surface area contributed by atoms with Gasteiger partial charge in [-0.05, 0) is 12.1 Å². The highest BCUT2D eigenvalue weighted by Crippen LogP contribution is 2.32. The summed E-state index contributed by atoms with van der Waals surface area (Å²) in [5.41, 5.74) is 1.11. The second-order valence-electron chi connectivity index (χ2n) is 3.83. The molecule has 0 fully saturated rings. The van der Waals surface area contributed by atoms with Crippen molar-refractivity contribution in [3.63, 3.8) is 0 Å². The average Bonchev–Trinajstić information content (AvgIpc) is 2.76. The number of aromatic amines is 1. The van der Waals surface area contributed by atoms with Crippen LogP contribution in [0.5, 0.6) is 11.5 Å². The van der Waals surface area contributed by atoms with Gasteiger partial charge in [0.2, 0.25) is 0 Å². The summed E-state index contributed by atoms with van der Waals surface area (Å²) in [4.78, 5) is 14.2. The van der Waals surface area contributed by atoms with Crippen LogP contribution < -0.4 is 15.0 Å². The van der Waals surface area contributed by atoms with Crippen LogP contribution >= 0.6 is 0 Å². The van der Waals surface area contributed by atoms with Crippen LogP contribution in [-0.2, 0) is 0 Å². The maximum Gasteiger partial charge on any atom is 0.275 e. The first-order valence-electron chi connectivity index (χ1n) is 5.36. The average molecular weight is 245 g/mol. The van der Waals surface area contributed by atoms with Gasteiger partial charge in [0.15, 0.2) is 11.5 Å². The van der Waals surface area contributed by atoms with Crippen LogP contribution in [0, 0.1) is 0 Å². The lowest BCUT2D eigenvalue weighted by atomic mass is 10.2. The minimum absolute atomic E-state index is 0.181. The molecule has 1 aromatic carbocycles. The lowest BCUT2D eigenvalue weighted by molar-refractivity contribution is 0.356. The van der Waals surface area contributed by atoms with E-state index in [4.69, 9.17) is 9.47 Å². The molecule has 0 unspecified atom stereocenters. The molecule has 3 rings (SSSR count). The Morgan fingerprint density at radius 2 is 1.83 bits per heavy atom. The van der Waals surface area contributed by atoms with Crippen molar-refractivity contribution in [3.05, 3.63) is 34.9 Å². The largest absolute Gasteiger partial charge is 0.493 e. The van der Waals surface area contributed by atoms with Crippen LogP contribution in [0.1, 0.15) is 0 Å². The summed E-state index contributed by atoms with van der Waals surface area (Å²) in [6.45, 7) is 0. The quantitative estimate of drug-likeness (QED) is 0.736. The van der Waals surface area contributed by atoms with Crippen molar-refractivity contribution >= 4 is 16.4 Å². The van der Waals surface area contributed by atoms with Gasteiger partial charge in [0.05, 0.1) is 19.7 Å². The molecule has 2 aromatic heterocycles. The fourth-order valence-electron chi connectivity index (χ4n) is 2.03. The van der Waals surface area contributed by atoms with E-state index in [0.717, 1.165) is 10.9 Å². The summed E-state index contributed by atoms with van der Waals surface area (Å²) in [7, 11) is 3.14. The zero-order chi connectivity index (χ0) is 12.7. The van der Waals surface area contributed by atoms with Crippen LogP contribution in [0.3, 0.4) is 0 Å². The fraction of sp³-hybridized carbons (Fsp3) is 0.167. The van der Waals surface area contributed by atoms with Gasteiger partial charge in [-0.2, -0.15) is 5.10 Å². The van der Waals surface area contributed by atoms with Crippen molar-refractivity contribution in [2.24, 2.45) is 0 Å². The number of benzene rings is 1. The summed E-state index contributed by atoms with van der Waals surface area (Å²) in [5.74, 6) is 1.23. The van der Waals surface area contributed by atoms with Gasteiger partial charge < -0.3 is 14.5 Å². The number of methoxy groups -OCH3 is 2. The first kappa shape index (κ1) is 10.6. The zero-order valence-corrected chi connectivity index (χ0v) is 9.93. The number of aromatic nitrogens is 3. The van der Waals surface area contributed by atoms with Crippen LogP contribution in [0.25, 0.3) is 16.4 Å². The van der Waals surface area contributed by atoms with Crippen LogP contribution in [0.4, 0.5) is 0 Å². The molecule has 2 heterocycles. The number of hydrogen-bond acceptors (Lipinski definition) is 4. The highest BCUT2D eigenvalue weighted by molar-refractivity contribution is 5.89. The molecule has 0 radical (unpaired) electrons. The Morgan fingerprint density at radius 3 is 2.56 bits per heavy atom. The molecule has 3 aromatic rings. The van der Waals surface area contributed by atoms with E-state index >= 15 is 0 Å². The van der Waals surface area contributed by atoms with Crippen molar-refractivity contribution in [2.45, 2.75) is 0 Å². The van der Waals surface area contributed by atoms with Gasteiger partial charge in [0.1, 0.15) is 11.8 Å². The van der Waals surface area contributed by atoms with Crippen LogP contribution in [0.2, 0.25) is 0 Å². The molecule has 0 saturated carbocycles. The van der Waals surface area contributed by atoms with E-state index in [0.29, 0.717) is 17.0 Å². The third kappa shape index (κ3) is 1.35. The summed E-state index contributed by atoms with van der Waals surface area (Å²) >= 11 is 0. The molecule has 6 nitrogen and oxygen atoms in total. The van der Waals surface area contributed by atoms with Crippen molar-refractivity contribution in [1.82, 2.24) is 14.6 Å². The van der Waals surface area contributed by atoms with Gasteiger partial charge in [0.25, 0.3) is 5.56 Å². The molecular formula is C12H11N3O3. The molecule has 0 spiro atoms. The van der Waals surface area contributed by atoms with E-state index in [2.05, 4.69) is 10.1 Å². The Balaban J connectivity index is 2.47. The molecule has 0 aliphatic heterocycles. The molecule has 0 amide bonds. The van der Waals surface area contributed by atoms with E-state index < -0.39 is 0 Å². The fourth-order valence-corrected chi connectivity index (χ4v) is 2.03. The molecule has 6 heteroatoms. The lowest BCUT2D eigenvalue weighted by Crippen LogP contribution is -2.09. The van der Waals surface area contributed by atoms with Gasteiger partial charge in [-0.3, -0.25) is 4.79 Å². The number of ether oxygens (including phenoxy) is 2. The van der Waals surface area contributed by atoms with Crippen molar-refractivity contribution in [2.75, 3.05) is 14.2 Å². The minimum atomic E-state index is -0.181. The topological polar surface area (TPSA) is 68.6 Å². The normalized spacial score (nSPS) is 11.0. The molecule has 0 saturated heterocycles. The van der Waals surface area contributed by atoms with Gasteiger partial charge in [-0.15, -0.1) is 0 Å². The number of nitrogens with zero attached hydrogens (tertiary/aromatic N) is 2. The van der Waals surface area contributed by atoms with E-state index in [-0.39, 0.29) is 5.56 Å². The summed E-state index contributed by atoms with van der Waals surface area (Å²) in [5, 5.41) is 5.00. The molecule has 0 atom stereocenters. The highest BCUT2D eigenvalue weighted by atomic mass is 16.5. The Morgan fingerprint density at radius 1 is 1.11 bits per heavy atom. The predicted molar refractivity (Wildman–Crippen MR) is 66.4 cm³/mol. The van der Waals surface area contributed by atoms with E-state index in [1.807, 2.05) is 6.07 Å². The molecule has 92 valence electrons. The van der Waals surface area contributed by atoms with Crippen LogP contribution in [0.15, 0.2) is 29.3 Å². The van der Waals surface area contributed by atoms with E-state index in [9.17, 15) is 4.79 Å². The Bertz CT molecular complexity index is 788. The maximum absolute atomic E-state index is 11.7. The lowest BCUT2D eigenvalue weighted by Gasteiger charge is -2.07. The Hall–Kier alpha value is -2.50. The van der Waals surface area contributed by atoms with Gasteiger partial charge in [-0.1, -0.05) is 0 Å². The van der Waals surface area contributed by atoms with Gasteiger partial charge in [0, 0.05) is 11.5 Å². The third-order valence-electron chi connectivity index (χ3n) is 2.88. The van der Waals surface area contributed by atoms with Crippen LogP contribution in [-0.4, -0.2) is 28.8 Å². The smallest absolute Gasteiger partial charge is 0.275 e. The summed E-state index contributed by atoms with van der Waals surface area (Å²) in [6.07, 6.45) is 1.37. The first-order valence-corrected chi connectivity index (χ1v) is 5.36. The third-order valence-corrected chi connectivity index (χ3v) is 2.88. The van der Waals surface area contributed by atoms with E-state index in [1.54, 1.807) is 30.9 Å². The maximum atomic E-state index is 11.7. The molecular weight excluding hydrogens is 234 g/mol. The van der Waals surface area contributed by atoms with Gasteiger partial charge in [-0.25, -0.2) is 4.52 Å². The number of hydrogen-bond donors (Lipinski definition) is 1. The summed E-state index contributed by atoms with van der Waals surface area (Å²) < 4.78 is 12.1. The molecule has 18 heavy (non-hydrogen) atoms. The first-order chi connectivity index (χ1) is 8.74. The second-order valence-corrected chi connectivity index (χ2v) is 3.83. The molecule has 0 aliphatic carbocycles. The van der Waals surface area contributed by atoms with E-state index in [1.165, 1.54) is 6.33 Å². The van der Waals surface area contributed by atoms with Crippen molar-refractivity contribution in [3.8, 4) is 11.5 Å². The molecule has 0 bridgehead atoms. The number of fused-ring (bicyclic) bond motifs is 3. The highest BCUT2D eigenvalue weighted by Gasteiger charge is 2.11. The van der Waals surface area contributed by atoms with Crippen molar-refractivity contribution < 1.29 is 9.47 Å². The second kappa shape index (κ2) is 3.76.